The number of benzene rings is 2. The Labute approximate surface area is 134 Å². The number of carbonyl (C=O) groups excluding carboxylic acids is 1. The molecule has 0 aromatic heterocycles. The highest BCUT2D eigenvalue weighted by Crippen LogP contribution is 2.54. The molecule has 0 spiro atoms. The van der Waals surface area contributed by atoms with Crippen molar-refractivity contribution >= 4 is 41.0 Å². The highest BCUT2D eigenvalue weighted by atomic mass is 32.2. The van der Waals surface area contributed by atoms with Crippen LogP contribution in [0.1, 0.15) is 11.1 Å². The molecule has 1 nitrogen and oxygen atoms in total. The van der Waals surface area contributed by atoms with E-state index in [0.29, 0.717) is 15.4 Å². The number of allylic oxidation sites excluding steroid dienone is 2. The Hall–Kier alpha value is -1.85. The summed E-state index contributed by atoms with van der Waals surface area (Å²) in [6.07, 6.45) is 3.33. The van der Waals surface area contributed by atoms with Crippen LogP contribution in [0.4, 0.5) is 8.78 Å². The van der Waals surface area contributed by atoms with E-state index in [1.807, 2.05) is 24.3 Å². The molecule has 0 fully saturated rings. The Kier molecular flexibility index (Phi) is 3.20. The minimum atomic E-state index is -0.867. The maximum Gasteiger partial charge on any atom is 0.188 e. The van der Waals surface area contributed by atoms with E-state index in [1.165, 1.54) is 41.7 Å². The lowest BCUT2D eigenvalue weighted by atomic mass is 9.93. The van der Waals surface area contributed by atoms with E-state index in [2.05, 4.69) is 0 Å². The first-order valence-electron chi connectivity index (χ1n) is 6.54. The van der Waals surface area contributed by atoms with Crippen LogP contribution in [0.2, 0.25) is 0 Å². The van der Waals surface area contributed by atoms with Gasteiger partial charge in [0.05, 0.1) is 9.81 Å². The Bertz CT molecular complexity index is 851. The number of hydrogen-bond acceptors (Lipinski definition) is 3. The minimum absolute atomic E-state index is 0.0811. The van der Waals surface area contributed by atoms with Crippen molar-refractivity contribution in [1.29, 1.82) is 0 Å². The third-order valence-electron chi connectivity index (χ3n) is 3.49. The van der Waals surface area contributed by atoms with E-state index in [1.54, 1.807) is 6.08 Å². The number of carbonyl (C=O) groups is 1. The third-order valence-corrected chi connectivity index (χ3v) is 6.01. The zero-order valence-corrected chi connectivity index (χ0v) is 12.7. The SMILES string of the molecule is O=C1C=Cc2ccccc2C1=C1Sc2cc(F)c(F)cc2S1. The fourth-order valence-corrected chi connectivity index (χ4v) is 5.08. The summed E-state index contributed by atoms with van der Waals surface area (Å²) in [5, 5.41) is 0. The van der Waals surface area contributed by atoms with Crippen LogP contribution in [0.15, 0.2) is 56.5 Å². The third kappa shape index (κ3) is 2.12. The average Bonchev–Trinajstić information content (AvgIpc) is 2.89. The molecule has 0 radical (unpaired) electrons. The molecule has 2 aliphatic rings. The smallest absolute Gasteiger partial charge is 0.188 e. The van der Waals surface area contributed by atoms with Gasteiger partial charge in [-0.05, 0) is 29.3 Å². The molecular formula is C17H8F2OS2. The lowest BCUT2D eigenvalue weighted by Crippen LogP contribution is -2.05. The summed E-state index contributed by atoms with van der Waals surface area (Å²) >= 11 is 2.63. The molecule has 1 aliphatic heterocycles. The van der Waals surface area contributed by atoms with Gasteiger partial charge in [0.1, 0.15) is 0 Å². The summed E-state index contributed by atoms with van der Waals surface area (Å²) in [4.78, 5) is 13.6. The Morgan fingerprint density at radius 3 is 2.18 bits per heavy atom. The molecule has 2 aromatic carbocycles. The largest absolute Gasteiger partial charge is 0.289 e. The van der Waals surface area contributed by atoms with Crippen molar-refractivity contribution in [3.05, 3.63) is 69.5 Å². The number of thioether (sulfide) groups is 2. The Balaban J connectivity index is 1.87. The number of rotatable bonds is 0. The standard InChI is InChI=1S/C17H8F2OS2/c18-11-7-14-15(8-12(11)19)22-17(21-14)16-10-4-2-1-3-9(10)5-6-13(16)20/h1-8H. The number of hydrogen-bond donors (Lipinski definition) is 0. The molecule has 0 saturated heterocycles. The predicted octanol–water partition coefficient (Wildman–Crippen LogP) is 5.13. The van der Waals surface area contributed by atoms with Crippen LogP contribution < -0.4 is 0 Å². The molecule has 108 valence electrons. The molecule has 0 saturated carbocycles. The van der Waals surface area contributed by atoms with Gasteiger partial charge >= 0.3 is 0 Å². The van der Waals surface area contributed by atoms with Crippen LogP contribution in [0, 0.1) is 11.6 Å². The van der Waals surface area contributed by atoms with E-state index in [0.717, 1.165) is 15.4 Å². The molecule has 0 amide bonds. The number of fused-ring (bicyclic) bond motifs is 2. The van der Waals surface area contributed by atoms with E-state index in [-0.39, 0.29) is 5.78 Å². The quantitative estimate of drug-likeness (QED) is 0.624. The second-order valence-corrected chi connectivity index (χ2v) is 7.23. The van der Waals surface area contributed by atoms with Crippen molar-refractivity contribution in [1.82, 2.24) is 0 Å². The summed E-state index contributed by atoms with van der Waals surface area (Å²) in [7, 11) is 0. The molecule has 1 heterocycles. The first kappa shape index (κ1) is 13.8. The lowest BCUT2D eigenvalue weighted by Gasteiger charge is -2.14. The van der Waals surface area contributed by atoms with Crippen LogP contribution in [0.25, 0.3) is 11.6 Å². The maximum absolute atomic E-state index is 13.4. The van der Waals surface area contributed by atoms with Gasteiger partial charge in [-0.25, -0.2) is 8.78 Å². The van der Waals surface area contributed by atoms with Crippen molar-refractivity contribution in [3.63, 3.8) is 0 Å². The van der Waals surface area contributed by atoms with Crippen LogP contribution in [0.5, 0.6) is 0 Å². The lowest BCUT2D eigenvalue weighted by molar-refractivity contribution is -0.109. The van der Waals surface area contributed by atoms with Crippen LogP contribution in [0.3, 0.4) is 0 Å². The Morgan fingerprint density at radius 2 is 1.50 bits per heavy atom. The van der Waals surface area contributed by atoms with Gasteiger partial charge in [-0.3, -0.25) is 4.79 Å². The Morgan fingerprint density at radius 1 is 0.864 bits per heavy atom. The molecule has 0 N–H and O–H groups in total. The van der Waals surface area contributed by atoms with Crippen molar-refractivity contribution < 1.29 is 13.6 Å². The number of ketones is 1. The molecule has 4 rings (SSSR count). The van der Waals surface area contributed by atoms with Crippen molar-refractivity contribution in [2.24, 2.45) is 0 Å². The van der Waals surface area contributed by atoms with Gasteiger partial charge in [0.25, 0.3) is 0 Å². The first-order valence-corrected chi connectivity index (χ1v) is 8.17. The van der Waals surface area contributed by atoms with E-state index >= 15 is 0 Å². The van der Waals surface area contributed by atoms with Crippen molar-refractivity contribution in [2.45, 2.75) is 9.79 Å². The van der Waals surface area contributed by atoms with Crippen molar-refractivity contribution in [3.8, 4) is 0 Å². The molecule has 0 atom stereocenters. The average molecular weight is 330 g/mol. The first-order chi connectivity index (χ1) is 10.6. The van der Waals surface area contributed by atoms with Crippen LogP contribution in [-0.4, -0.2) is 5.78 Å². The van der Waals surface area contributed by atoms with Gasteiger partial charge in [-0.2, -0.15) is 0 Å². The molecule has 0 bridgehead atoms. The van der Waals surface area contributed by atoms with Gasteiger partial charge < -0.3 is 0 Å². The van der Waals surface area contributed by atoms with E-state index in [4.69, 9.17) is 0 Å². The zero-order chi connectivity index (χ0) is 15.3. The summed E-state index contributed by atoms with van der Waals surface area (Å²) in [6.45, 7) is 0. The number of halogens is 2. The second kappa shape index (κ2) is 5.11. The molecular weight excluding hydrogens is 322 g/mol. The van der Waals surface area contributed by atoms with E-state index in [9.17, 15) is 13.6 Å². The fraction of sp³-hybridized carbons (Fsp3) is 0. The topological polar surface area (TPSA) is 17.1 Å². The molecule has 22 heavy (non-hydrogen) atoms. The molecule has 0 unspecified atom stereocenters. The zero-order valence-electron chi connectivity index (χ0n) is 11.1. The van der Waals surface area contributed by atoms with Gasteiger partial charge in [0, 0.05) is 9.79 Å². The van der Waals surface area contributed by atoms with Crippen molar-refractivity contribution in [2.75, 3.05) is 0 Å². The maximum atomic E-state index is 13.4. The monoisotopic (exact) mass is 330 g/mol. The second-order valence-electron chi connectivity index (χ2n) is 4.86. The van der Waals surface area contributed by atoms with E-state index < -0.39 is 11.6 Å². The van der Waals surface area contributed by atoms with Crippen LogP contribution in [-0.2, 0) is 4.79 Å². The normalized spacial score (nSPS) is 16.0. The molecule has 5 heteroatoms. The summed E-state index contributed by atoms with van der Waals surface area (Å²) < 4.78 is 27.5. The fourth-order valence-electron chi connectivity index (χ4n) is 2.45. The highest BCUT2D eigenvalue weighted by molar-refractivity contribution is 8.25. The molecule has 1 aliphatic carbocycles. The predicted molar refractivity (Wildman–Crippen MR) is 85.5 cm³/mol. The van der Waals surface area contributed by atoms with Gasteiger partial charge in [-0.1, -0.05) is 53.9 Å². The highest BCUT2D eigenvalue weighted by Gasteiger charge is 2.28. The summed E-state index contributed by atoms with van der Waals surface area (Å²) in [5.41, 5.74) is 2.43. The summed E-state index contributed by atoms with van der Waals surface area (Å²) in [6, 6.07) is 9.99. The van der Waals surface area contributed by atoms with Gasteiger partial charge in [0.15, 0.2) is 17.4 Å². The van der Waals surface area contributed by atoms with Gasteiger partial charge in [0.2, 0.25) is 0 Å². The summed E-state index contributed by atoms with van der Waals surface area (Å²) in [5.74, 6) is -1.82. The molecule has 2 aromatic rings. The minimum Gasteiger partial charge on any atom is -0.289 e. The van der Waals surface area contributed by atoms with Crippen LogP contribution >= 0.6 is 23.5 Å². The van der Waals surface area contributed by atoms with Gasteiger partial charge in [-0.15, -0.1) is 0 Å².